The summed E-state index contributed by atoms with van der Waals surface area (Å²) in [5, 5.41) is 3.28. The molecule has 19 heavy (non-hydrogen) atoms. The van der Waals surface area contributed by atoms with Crippen LogP contribution in [0.25, 0.3) is 0 Å². The van der Waals surface area contributed by atoms with Gasteiger partial charge in [0.1, 0.15) is 5.82 Å². The predicted octanol–water partition coefficient (Wildman–Crippen LogP) is 2.74. The fourth-order valence-corrected chi connectivity index (χ4v) is 1.99. The number of rotatable bonds is 5. The summed E-state index contributed by atoms with van der Waals surface area (Å²) in [5.41, 5.74) is 6.92. The van der Waals surface area contributed by atoms with Gasteiger partial charge in [-0.05, 0) is 24.1 Å². The lowest BCUT2D eigenvalue weighted by Crippen LogP contribution is -2.18. The molecule has 2 rings (SSSR count). The SMILES string of the molecule is CCC(Nc1ncccc1C(N)=O)c1ccccc1. The van der Waals surface area contributed by atoms with Gasteiger partial charge in [-0.3, -0.25) is 4.79 Å². The first kappa shape index (κ1) is 13.1. The quantitative estimate of drug-likeness (QED) is 0.863. The molecule has 0 spiro atoms. The van der Waals surface area contributed by atoms with Gasteiger partial charge in [0.2, 0.25) is 0 Å². The van der Waals surface area contributed by atoms with Gasteiger partial charge < -0.3 is 11.1 Å². The van der Waals surface area contributed by atoms with Crippen molar-refractivity contribution in [1.29, 1.82) is 0 Å². The van der Waals surface area contributed by atoms with Gasteiger partial charge in [-0.1, -0.05) is 37.3 Å². The number of nitrogens with zero attached hydrogens (tertiary/aromatic N) is 1. The van der Waals surface area contributed by atoms with Crippen LogP contribution in [0.1, 0.15) is 35.3 Å². The molecule has 1 atom stereocenters. The van der Waals surface area contributed by atoms with E-state index in [0.717, 1.165) is 12.0 Å². The van der Waals surface area contributed by atoms with E-state index in [4.69, 9.17) is 5.73 Å². The third-order valence-electron chi connectivity index (χ3n) is 2.99. The van der Waals surface area contributed by atoms with Crippen LogP contribution < -0.4 is 11.1 Å². The van der Waals surface area contributed by atoms with E-state index in [-0.39, 0.29) is 6.04 Å². The normalized spacial score (nSPS) is 11.8. The van der Waals surface area contributed by atoms with Crippen LogP contribution in [0, 0.1) is 0 Å². The van der Waals surface area contributed by atoms with E-state index >= 15 is 0 Å². The Kier molecular flexibility index (Phi) is 4.13. The second-order valence-corrected chi connectivity index (χ2v) is 4.28. The summed E-state index contributed by atoms with van der Waals surface area (Å²) in [6.07, 6.45) is 2.53. The molecule has 0 aliphatic rings. The molecule has 0 bridgehead atoms. The summed E-state index contributed by atoms with van der Waals surface area (Å²) in [5.74, 6) is 0.0595. The lowest BCUT2D eigenvalue weighted by atomic mass is 10.0. The number of amides is 1. The zero-order valence-electron chi connectivity index (χ0n) is 10.8. The third-order valence-corrected chi connectivity index (χ3v) is 2.99. The van der Waals surface area contributed by atoms with Gasteiger partial charge in [-0.2, -0.15) is 0 Å². The Labute approximate surface area is 112 Å². The summed E-state index contributed by atoms with van der Waals surface area (Å²) in [6, 6.07) is 13.5. The molecule has 1 aromatic carbocycles. The number of hydrogen-bond donors (Lipinski definition) is 2. The minimum absolute atomic E-state index is 0.106. The van der Waals surface area contributed by atoms with Crippen LogP contribution in [0.3, 0.4) is 0 Å². The average molecular weight is 255 g/mol. The largest absolute Gasteiger partial charge is 0.365 e. The van der Waals surface area contributed by atoms with Gasteiger partial charge in [0, 0.05) is 6.20 Å². The van der Waals surface area contributed by atoms with E-state index in [1.54, 1.807) is 18.3 Å². The molecule has 0 aliphatic carbocycles. The first-order valence-electron chi connectivity index (χ1n) is 6.28. The molecule has 0 saturated carbocycles. The van der Waals surface area contributed by atoms with Gasteiger partial charge in [-0.15, -0.1) is 0 Å². The second-order valence-electron chi connectivity index (χ2n) is 4.28. The molecule has 1 heterocycles. The zero-order valence-corrected chi connectivity index (χ0v) is 10.8. The monoisotopic (exact) mass is 255 g/mol. The summed E-state index contributed by atoms with van der Waals surface area (Å²) >= 11 is 0. The van der Waals surface area contributed by atoms with Crippen LogP contribution in [-0.2, 0) is 0 Å². The Morgan fingerprint density at radius 1 is 1.26 bits per heavy atom. The number of nitrogens with two attached hydrogens (primary N) is 1. The Hall–Kier alpha value is -2.36. The summed E-state index contributed by atoms with van der Waals surface area (Å²) in [7, 11) is 0. The van der Waals surface area contributed by atoms with E-state index in [0.29, 0.717) is 11.4 Å². The molecule has 1 unspecified atom stereocenters. The maximum absolute atomic E-state index is 11.4. The number of aromatic nitrogens is 1. The van der Waals surface area contributed by atoms with E-state index in [2.05, 4.69) is 17.2 Å². The molecule has 98 valence electrons. The van der Waals surface area contributed by atoms with Crippen molar-refractivity contribution in [1.82, 2.24) is 4.98 Å². The van der Waals surface area contributed by atoms with Gasteiger partial charge in [0.25, 0.3) is 5.91 Å². The molecule has 4 heteroatoms. The van der Waals surface area contributed by atoms with Gasteiger partial charge in [0.05, 0.1) is 11.6 Å². The number of carbonyl (C=O) groups excluding carboxylic acids is 1. The van der Waals surface area contributed by atoms with Crippen LogP contribution in [0.5, 0.6) is 0 Å². The third kappa shape index (κ3) is 3.10. The van der Waals surface area contributed by atoms with Crippen molar-refractivity contribution in [2.75, 3.05) is 5.32 Å². The highest BCUT2D eigenvalue weighted by Crippen LogP contribution is 2.23. The van der Waals surface area contributed by atoms with Crippen molar-refractivity contribution < 1.29 is 4.79 Å². The highest BCUT2D eigenvalue weighted by Gasteiger charge is 2.14. The average Bonchev–Trinajstić information content (AvgIpc) is 2.46. The number of primary amides is 1. The lowest BCUT2D eigenvalue weighted by Gasteiger charge is -2.19. The standard InChI is InChI=1S/C15H17N3O/c1-2-13(11-7-4-3-5-8-11)18-15-12(14(16)19)9-6-10-17-15/h3-10,13H,2H2,1H3,(H2,16,19)(H,17,18). The number of hydrogen-bond acceptors (Lipinski definition) is 3. The molecular weight excluding hydrogens is 238 g/mol. The minimum Gasteiger partial charge on any atom is -0.365 e. The van der Waals surface area contributed by atoms with Crippen molar-refractivity contribution >= 4 is 11.7 Å². The van der Waals surface area contributed by atoms with Crippen LogP contribution >= 0.6 is 0 Å². The molecule has 2 aromatic rings. The molecule has 0 fully saturated rings. The van der Waals surface area contributed by atoms with E-state index in [1.807, 2.05) is 30.3 Å². The molecular formula is C15H17N3O. The Morgan fingerprint density at radius 3 is 2.63 bits per heavy atom. The first-order chi connectivity index (χ1) is 9.22. The summed E-state index contributed by atoms with van der Waals surface area (Å²) in [6.45, 7) is 2.08. The zero-order chi connectivity index (χ0) is 13.7. The number of nitrogens with one attached hydrogen (secondary N) is 1. The highest BCUT2D eigenvalue weighted by molar-refractivity contribution is 5.97. The minimum atomic E-state index is -0.474. The number of pyridine rings is 1. The molecule has 0 saturated heterocycles. The van der Waals surface area contributed by atoms with Crippen molar-refractivity contribution in [3.63, 3.8) is 0 Å². The van der Waals surface area contributed by atoms with E-state index in [1.165, 1.54) is 0 Å². The number of carbonyl (C=O) groups is 1. The Bertz CT molecular complexity index is 554. The number of anilines is 1. The molecule has 1 amide bonds. The van der Waals surface area contributed by atoms with Crippen LogP contribution in [0.2, 0.25) is 0 Å². The fourth-order valence-electron chi connectivity index (χ4n) is 1.99. The first-order valence-corrected chi connectivity index (χ1v) is 6.28. The maximum atomic E-state index is 11.4. The van der Waals surface area contributed by atoms with Crippen molar-refractivity contribution in [2.24, 2.45) is 5.73 Å². The second kappa shape index (κ2) is 6.00. The van der Waals surface area contributed by atoms with Crippen LogP contribution in [0.4, 0.5) is 5.82 Å². The predicted molar refractivity (Wildman–Crippen MR) is 75.9 cm³/mol. The summed E-state index contributed by atoms with van der Waals surface area (Å²) < 4.78 is 0. The van der Waals surface area contributed by atoms with Crippen LogP contribution in [0.15, 0.2) is 48.7 Å². The summed E-state index contributed by atoms with van der Waals surface area (Å²) in [4.78, 5) is 15.6. The van der Waals surface area contributed by atoms with E-state index in [9.17, 15) is 4.79 Å². The molecule has 3 N–H and O–H groups in total. The van der Waals surface area contributed by atoms with Gasteiger partial charge in [0.15, 0.2) is 0 Å². The molecule has 1 aromatic heterocycles. The topological polar surface area (TPSA) is 68.0 Å². The van der Waals surface area contributed by atoms with Crippen molar-refractivity contribution in [3.8, 4) is 0 Å². The Morgan fingerprint density at radius 2 is 2.00 bits per heavy atom. The van der Waals surface area contributed by atoms with Crippen molar-refractivity contribution in [3.05, 3.63) is 59.8 Å². The lowest BCUT2D eigenvalue weighted by molar-refractivity contribution is 0.100. The smallest absolute Gasteiger partial charge is 0.252 e. The highest BCUT2D eigenvalue weighted by atomic mass is 16.1. The fraction of sp³-hybridized carbons (Fsp3) is 0.200. The van der Waals surface area contributed by atoms with Gasteiger partial charge in [-0.25, -0.2) is 4.98 Å². The Balaban J connectivity index is 2.27. The van der Waals surface area contributed by atoms with Crippen molar-refractivity contribution in [2.45, 2.75) is 19.4 Å². The van der Waals surface area contributed by atoms with Gasteiger partial charge >= 0.3 is 0 Å². The molecule has 0 radical (unpaired) electrons. The molecule has 4 nitrogen and oxygen atoms in total. The maximum Gasteiger partial charge on any atom is 0.252 e. The van der Waals surface area contributed by atoms with Crippen LogP contribution in [-0.4, -0.2) is 10.9 Å². The van der Waals surface area contributed by atoms with E-state index < -0.39 is 5.91 Å². The number of benzene rings is 1. The molecule has 0 aliphatic heterocycles.